The predicted molar refractivity (Wildman–Crippen MR) is 54.2 cm³/mol. The normalized spacial score (nSPS) is 17.9. The molecule has 1 heterocycles. The van der Waals surface area contributed by atoms with Crippen molar-refractivity contribution in [3.63, 3.8) is 0 Å². The molecule has 4 heteroatoms. The van der Waals surface area contributed by atoms with Crippen LogP contribution in [0.4, 0.5) is 4.39 Å². The van der Waals surface area contributed by atoms with E-state index >= 15 is 0 Å². The molecule has 1 N–H and O–H groups in total. The van der Waals surface area contributed by atoms with E-state index in [0.29, 0.717) is 25.3 Å². The van der Waals surface area contributed by atoms with Gasteiger partial charge in [-0.3, -0.25) is 4.90 Å². The molecule has 0 bridgehead atoms. The zero-order chi connectivity index (χ0) is 10.7. The third-order valence-electron chi connectivity index (χ3n) is 2.54. The van der Waals surface area contributed by atoms with Gasteiger partial charge in [0, 0.05) is 25.2 Å². The highest BCUT2D eigenvalue weighted by molar-refractivity contribution is 5.32. The van der Waals surface area contributed by atoms with Gasteiger partial charge in [-0.05, 0) is 18.2 Å². The Hall–Kier alpha value is -1.13. The summed E-state index contributed by atoms with van der Waals surface area (Å²) in [6.07, 6.45) is 0. The van der Waals surface area contributed by atoms with E-state index in [4.69, 9.17) is 4.74 Å². The van der Waals surface area contributed by atoms with Gasteiger partial charge in [0.15, 0.2) is 0 Å². The molecule has 82 valence electrons. The molecule has 1 aliphatic rings. The molecule has 2 rings (SSSR count). The van der Waals surface area contributed by atoms with Crippen molar-refractivity contribution in [3.05, 3.63) is 29.6 Å². The van der Waals surface area contributed by atoms with Gasteiger partial charge >= 0.3 is 0 Å². The minimum atomic E-state index is -0.309. The maximum atomic E-state index is 12.9. The fourth-order valence-electron chi connectivity index (χ4n) is 1.68. The number of halogens is 1. The summed E-state index contributed by atoms with van der Waals surface area (Å²) in [6, 6.07) is 4.04. The Bertz CT molecular complexity index is 337. The SMILES string of the molecule is Oc1ccc(F)cc1CN1CCOCC1. The zero-order valence-corrected chi connectivity index (χ0v) is 8.45. The van der Waals surface area contributed by atoms with Crippen LogP contribution >= 0.6 is 0 Å². The van der Waals surface area contributed by atoms with E-state index in [9.17, 15) is 9.50 Å². The highest BCUT2D eigenvalue weighted by atomic mass is 19.1. The minimum absolute atomic E-state index is 0.155. The summed E-state index contributed by atoms with van der Waals surface area (Å²) in [5.74, 6) is -0.154. The third-order valence-corrected chi connectivity index (χ3v) is 2.54. The van der Waals surface area contributed by atoms with Crippen molar-refractivity contribution < 1.29 is 14.2 Å². The lowest BCUT2D eigenvalue weighted by Crippen LogP contribution is -2.35. The summed E-state index contributed by atoms with van der Waals surface area (Å²) in [5.41, 5.74) is 0.636. The molecule has 0 unspecified atom stereocenters. The Labute approximate surface area is 88.1 Å². The van der Waals surface area contributed by atoms with Gasteiger partial charge in [-0.2, -0.15) is 0 Å². The number of hydrogen-bond donors (Lipinski definition) is 1. The maximum Gasteiger partial charge on any atom is 0.123 e. The van der Waals surface area contributed by atoms with Crippen molar-refractivity contribution in [2.24, 2.45) is 0 Å². The molecule has 0 aromatic heterocycles. The fourth-order valence-corrected chi connectivity index (χ4v) is 1.68. The molecule has 0 atom stereocenters. The molecule has 1 fully saturated rings. The number of nitrogens with zero attached hydrogens (tertiary/aromatic N) is 1. The van der Waals surface area contributed by atoms with Crippen LogP contribution in [0.25, 0.3) is 0 Å². The molecule has 1 aliphatic heterocycles. The zero-order valence-electron chi connectivity index (χ0n) is 8.45. The largest absolute Gasteiger partial charge is 0.508 e. The number of hydrogen-bond acceptors (Lipinski definition) is 3. The Morgan fingerprint density at radius 3 is 2.80 bits per heavy atom. The van der Waals surface area contributed by atoms with Crippen molar-refractivity contribution in [3.8, 4) is 5.75 Å². The van der Waals surface area contributed by atoms with Crippen LogP contribution in [0.2, 0.25) is 0 Å². The van der Waals surface area contributed by atoms with Crippen LogP contribution in [-0.4, -0.2) is 36.3 Å². The number of rotatable bonds is 2. The molecule has 0 radical (unpaired) electrons. The predicted octanol–water partition coefficient (Wildman–Crippen LogP) is 1.36. The molecular formula is C11H14FNO2. The summed E-state index contributed by atoms with van der Waals surface area (Å²) in [6.45, 7) is 3.64. The topological polar surface area (TPSA) is 32.7 Å². The number of benzene rings is 1. The lowest BCUT2D eigenvalue weighted by Gasteiger charge is -2.26. The molecule has 0 amide bonds. The number of ether oxygens (including phenoxy) is 1. The second-order valence-corrected chi connectivity index (χ2v) is 3.66. The van der Waals surface area contributed by atoms with Crippen molar-refractivity contribution in [1.82, 2.24) is 4.90 Å². The average molecular weight is 211 g/mol. The van der Waals surface area contributed by atoms with Crippen LogP contribution in [-0.2, 0) is 11.3 Å². The first-order chi connectivity index (χ1) is 7.25. The van der Waals surface area contributed by atoms with Crippen LogP contribution in [0.5, 0.6) is 5.75 Å². The standard InChI is InChI=1S/C11H14FNO2/c12-10-1-2-11(14)9(7-10)8-13-3-5-15-6-4-13/h1-2,7,14H,3-6,8H2. The number of phenols is 1. The maximum absolute atomic E-state index is 12.9. The van der Waals surface area contributed by atoms with Gasteiger partial charge in [0.1, 0.15) is 11.6 Å². The van der Waals surface area contributed by atoms with Crippen molar-refractivity contribution >= 4 is 0 Å². The van der Waals surface area contributed by atoms with Gasteiger partial charge in [-0.1, -0.05) is 0 Å². The quantitative estimate of drug-likeness (QED) is 0.801. The van der Waals surface area contributed by atoms with Crippen LogP contribution < -0.4 is 0 Å². The average Bonchev–Trinajstić information content (AvgIpc) is 2.25. The molecule has 1 aromatic rings. The fraction of sp³-hybridized carbons (Fsp3) is 0.455. The molecule has 1 aromatic carbocycles. The van der Waals surface area contributed by atoms with Crippen LogP contribution in [0, 0.1) is 5.82 Å². The lowest BCUT2D eigenvalue weighted by molar-refractivity contribution is 0.0338. The van der Waals surface area contributed by atoms with Crippen LogP contribution in [0.1, 0.15) is 5.56 Å². The molecule has 0 saturated carbocycles. The van der Waals surface area contributed by atoms with Gasteiger partial charge < -0.3 is 9.84 Å². The van der Waals surface area contributed by atoms with E-state index in [1.807, 2.05) is 0 Å². The summed E-state index contributed by atoms with van der Waals surface area (Å²) < 4.78 is 18.2. The second-order valence-electron chi connectivity index (χ2n) is 3.66. The number of morpholine rings is 1. The summed E-state index contributed by atoms with van der Waals surface area (Å²) in [5, 5.41) is 9.54. The first-order valence-corrected chi connectivity index (χ1v) is 5.03. The van der Waals surface area contributed by atoms with Gasteiger partial charge in [0.05, 0.1) is 13.2 Å². The first-order valence-electron chi connectivity index (χ1n) is 5.03. The first kappa shape index (κ1) is 10.4. The van der Waals surface area contributed by atoms with Gasteiger partial charge in [-0.15, -0.1) is 0 Å². The Kier molecular flexibility index (Phi) is 3.18. The monoisotopic (exact) mass is 211 g/mol. The number of phenolic OH excluding ortho intramolecular Hbond substituents is 1. The van der Waals surface area contributed by atoms with Crippen molar-refractivity contribution in [2.45, 2.75) is 6.54 Å². The molecule has 1 saturated heterocycles. The molecule has 0 spiro atoms. The summed E-state index contributed by atoms with van der Waals surface area (Å²) in [4.78, 5) is 2.14. The van der Waals surface area contributed by atoms with E-state index in [1.54, 1.807) is 0 Å². The summed E-state index contributed by atoms with van der Waals surface area (Å²) >= 11 is 0. The Morgan fingerprint density at radius 1 is 1.33 bits per heavy atom. The van der Waals surface area contributed by atoms with E-state index < -0.39 is 0 Å². The van der Waals surface area contributed by atoms with Crippen molar-refractivity contribution in [2.75, 3.05) is 26.3 Å². The second kappa shape index (κ2) is 4.59. The lowest BCUT2D eigenvalue weighted by atomic mass is 10.2. The van der Waals surface area contributed by atoms with E-state index in [-0.39, 0.29) is 11.6 Å². The third kappa shape index (κ3) is 2.67. The summed E-state index contributed by atoms with van der Waals surface area (Å²) in [7, 11) is 0. The van der Waals surface area contributed by atoms with Gasteiger partial charge in [0.2, 0.25) is 0 Å². The van der Waals surface area contributed by atoms with Crippen molar-refractivity contribution in [1.29, 1.82) is 0 Å². The van der Waals surface area contributed by atoms with E-state index in [0.717, 1.165) is 13.1 Å². The molecule has 3 nitrogen and oxygen atoms in total. The Balaban J connectivity index is 2.05. The van der Waals surface area contributed by atoms with Crippen LogP contribution in [0.3, 0.4) is 0 Å². The Morgan fingerprint density at radius 2 is 2.07 bits per heavy atom. The van der Waals surface area contributed by atoms with Gasteiger partial charge in [-0.25, -0.2) is 4.39 Å². The van der Waals surface area contributed by atoms with E-state index in [2.05, 4.69) is 4.90 Å². The highest BCUT2D eigenvalue weighted by Crippen LogP contribution is 2.19. The number of aromatic hydroxyl groups is 1. The molecule has 15 heavy (non-hydrogen) atoms. The minimum Gasteiger partial charge on any atom is -0.508 e. The molecular weight excluding hydrogens is 197 g/mol. The smallest absolute Gasteiger partial charge is 0.123 e. The van der Waals surface area contributed by atoms with Crippen LogP contribution in [0.15, 0.2) is 18.2 Å². The molecule has 0 aliphatic carbocycles. The highest BCUT2D eigenvalue weighted by Gasteiger charge is 2.12. The van der Waals surface area contributed by atoms with Gasteiger partial charge in [0.25, 0.3) is 0 Å². The van der Waals surface area contributed by atoms with E-state index in [1.165, 1.54) is 18.2 Å².